The molecule has 160 valence electrons. The predicted molar refractivity (Wildman–Crippen MR) is 109 cm³/mol. The summed E-state index contributed by atoms with van der Waals surface area (Å²) in [4.78, 5) is 25.3. The number of carbonyl (C=O) groups excluding carboxylic acids is 2. The number of fused-ring (bicyclic) bond motifs is 1. The van der Waals surface area contributed by atoms with E-state index in [9.17, 15) is 18.0 Å². The Kier molecular flexibility index (Phi) is 6.92. The summed E-state index contributed by atoms with van der Waals surface area (Å²) in [5, 5.41) is 5.37. The van der Waals surface area contributed by atoms with Gasteiger partial charge in [-0.2, -0.15) is 4.31 Å². The van der Waals surface area contributed by atoms with Crippen LogP contribution in [0.25, 0.3) is 0 Å². The van der Waals surface area contributed by atoms with Crippen molar-refractivity contribution in [2.24, 2.45) is 0 Å². The van der Waals surface area contributed by atoms with E-state index in [1.54, 1.807) is 13.0 Å². The third-order valence-electron chi connectivity index (χ3n) is 5.67. The Morgan fingerprint density at radius 2 is 1.86 bits per heavy atom. The number of amides is 2. The van der Waals surface area contributed by atoms with Crippen molar-refractivity contribution in [3.63, 3.8) is 0 Å². The highest BCUT2D eigenvalue weighted by atomic mass is 32.2. The fraction of sp³-hybridized carbons (Fsp3) is 0.600. The molecule has 0 bridgehead atoms. The van der Waals surface area contributed by atoms with E-state index in [0.717, 1.165) is 29.7 Å². The van der Waals surface area contributed by atoms with E-state index in [1.807, 2.05) is 19.1 Å². The van der Waals surface area contributed by atoms with Gasteiger partial charge in [0, 0.05) is 6.54 Å². The molecular weight excluding hydrogens is 392 g/mol. The van der Waals surface area contributed by atoms with Crippen LogP contribution >= 0.6 is 0 Å². The van der Waals surface area contributed by atoms with Crippen molar-refractivity contribution in [2.45, 2.75) is 44.0 Å². The summed E-state index contributed by atoms with van der Waals surface area (Å²) in [7, 11) is -3.51. The molecule has 0 saturated carbocycles. The van der Waals surface area contributed by atoms with Gasteiger partial charge in [0.05, 0.1) is 31.1 Å². The summed E-state index contributed by atoms with van der Waals surface area (Å²) in [5.41, 5.74) is 2.40. The lowest BCUT2D eigenvalue weighted by molar-refractivity contribution is -0.895. The van der Waals surface area contributed by atoms with Crippen molar-refractivity contribution in [3.8, 4) is 0 Å². The fourth-order valence-corrected chi connectivity index (χ4v) is 5.48. The molecule has 3 N–H and O–H groups in total. The smallest absolute Gasteiger partial charge is 0.275 e. The minimum Gasteiger partial charge on any atom is -0.355 e. The van der Waals surface area contributed by atoms with E-state index < -0.39 is 16.1 Å². The molecule has 9 heteroatoms. The Morgan fingerprint density at radius 1 is 1.17 bits per heavy atom. The van der Waals surface area contributed by atoms with Crippen molar-refractivity contribution in [1.29, 1.82) is 0 Å². The minimum absolute atomic E-state index is 0.200. The van der Waals surface area contributed by atoms with Gasteiger partial charge in [0.15, 0.2) is 6.54 Å². The van der Waals surface area contributed by atoms with Crippen molar-refractivity contribution in [2.75, 3.05) is 39.3 Å². The Labute approximate surface area is 172 Å². The van der Waals surface area contributed by atoms with E-state index in [-0.39, 0.29) is 18.4 Å². The minimum atomic E-state index is -3.51. The molecule has 2 amide bonds. The molecule has 0 aromatic heterocycles. The molecule has 1 aromatic rings. The molecule has 3 rings (SSSR count). The van der Waals surface area contributed by atoms with Crippen molar-refractivity contribution >= 4 is 21.8 Å². The summed E-state index contributed by atoms with van der Waals surface area (Å²) < 4.78 is 27.5. The van der Waals surface area contributed by atoms with Gasteiger partial charge in [-0.15, -0.1) is 0 Å². The fourth-order valence-electron chi connectivity index (χ4n) is 3.99. The first-order valence-corrected chi connectivity index (χ1v) is 11.8. The Balaban J connectivity index is 1.52. The van der Waals surface area contributed by atoms with Crippen LogP contribution in [0.2, 0.25) is 0 Å². The number of nitrogens with one attached hydrogen (secondary N) is 3. The molecule has 1 aliphatic heterocycles. The summed E-state index contributed by atoms with van der Waals surface area (Å²) in [6, 6.07) is 4.90. The van der Waals surface area contributed by atoms with E-state index >= 15 is 0 Å². The molecule has 1 fully saturated rings. The highest BCUT2D eigenvalue weighted by Crippen LogP contribution is 2.26. The van der Waals surface area contributed by atoms with Crippen molar-refractivity contribution in [3.05, 3.63) is 29.3 Å². The average molecular weight is 424 g/mol. The number of piperazine rings is 1. The van der Waals surface area contributed by atoms with E-state index in [2.05, 4.69) is 10.6 Å². The lowest BCUT2D eigenvalue weighted by Gasteiger charge is -2.31. The van der Waals surface area contributed by atoms with E-state index in [1.165, 1.54) is 9.87 Å². The van der Waals surface area contributed by atoms with Gasteiger partial charge in [-0.25, -0.2) is 8.42 Å². The summed E-state index contributed by atoms with van der Waals surface area (Å²) in [5.74, 6) is -0.408. The molecule has 1 aromatic carbocycles. The number of rotatable bonds is 7. The van der Waals surface area contributed by atoms with Crippen molar-refractivity contribution in [1.82, 2.24) is 14.9 Å². The second kappa shape index (κ2) is 9.23. The van der Waals surface area contributed by atoms with Crippen molar-refractivity contribution < 1.29 is 22.9 Å². The van der Waals surface area contributed by atoms with Crippen LogP contribution in [0.3, 0.4) is 0 Å². The largest absolute Gasteiger partial charge is 0.355 e. The Hall–Kier alpha value is -1.97. The average Bonchev–Trinajstić information content (AvgIpc) is 3.16. The standard InChI is InChI=1S/C20H30N4O4S/c1-3-21-20(26)15(2)22-19(25)14-23-9-11-24(12-10-23)29(27,28)18-8-7-16-5-4-6-17(16)13-18/h7-8,13,15H,3-6,9-12,14H2,1-2H3,(H,21,26)(H,22,25)/p+1/t15-/m1/s1. The molecule has 1 saturated heterocycles. The molecule has 29 heavy (non-hydrogen) atoms. The highest BCUT2D eigenvalue weighted by Gasteiger charge is 2.32. The number of benzene rings is 1. The normalized spacial score (nSPS) is 18.8. The molecule has 1 atom stereocenters. The van der Waals surface area contributed by atoms with Gasteiger partial charge in [-0.3, -0.25) is 9.59 Å². The van der Waals surface area contributed by atoms with E-state index in [0.29, 0.717) is 37.6 Å². The zero-order chi connectivity index (χ0) is 21.0. The first-order valence-electron chi connectivity index (χ1n) is 10.3. The molecule has 8 nitrogen and oxygen atoms in total. The van der Waals surface area contributed by atoms with Gasteiger partial charge >= 0.3 is 0 Å². The first kappa shape index (κ1) is 21.7. The second-order valence-electron chi connectivity index (χ2n) is 7.80. The number of sulfonamides is 1. The van der Waals surface area contributed by atoms with Gasteiger partial charge in [0.2, 0.25) is 15.9 Å². The summed E-state index contributed by atoms with van der Waals surface area (Å²) >= 11 is 0. The molecule has 0 radical (unpaired) electrons. The van der Waals surface area contributed by atoms with Gasteiger partial charge in [-0.05, 0) is 56.4 Å². The number of hydrogen-bond acceptors (Lipinski definition) is 4. The lowest BCUT2D eigenvalue weighted by Crippen LogP contribution is -3.15. The number of nitrogens with zero attached hydrogens (tertiary/aromatic N) is 1. The van der Waals surface area contributed by atoms with Gasteiger partial charge in [-0.1, -0.05) is 6.07 Å². The van der Waals surface area contributed by atoms with Crippen LogP contribution in [0.5, 0.6) is 0 Å². The van der Waals surface area contributed by atoms with Crippen LogP contribution in [0.15, 0.2) is 23.1 Å². The number of likely N-dealkylation sites (N-methyl/N-ethyl adjacent to an activating group) is 1. The number of carbonyl (C=O) groups is 2. The first-order chi connectivity index (χ1) is 13.8. The highest BCUT2D eigenvalue weighted by molar-refractivity contribution is 7.89. The summed E-state index contributed by atoms with van der Waals surface area (Å²) in [6.07, 6.45) is 3.06. The third kappa shape index (κ3) is 5.15. The Bertz CT molecular complexity index is 863. The molecule has 0 spiro atoms. The SMILES string of the molecule is CCNC(=O)[C@@H](C)NC(=O)C[NH+]1CCN(S(=O)(=O)c2ccc3c(c2)CCC3)CC1. The van der Waals surface area contributed by atoms with Crippen LogP contribution in [0.4, 0.5) is 0 Å². The number of quaternary nitrogens is 1. The van der Waals surface area contributed by atoms with Crippen LogP contribution in [0, 0.1) is 0 Å². The van der Waals surface area contributed by atoms with Crippen LogP contribution < -0.4 is 15.5 Å². The van der Waals surface area contributed by atoms with Crippen LogP contribution in [-0.2, 0) is 32.5 Å². The van der Waals surface area contributed by atoms with Gasteiger partial charge < -0.3 is 15.5 Å². The van der Waals surface area contributed by atoms with E-state index in [4.69, 9.17) is 0 Å². The zero-order valence-corrected chi connectivity index (χ0v) is 18.0. The molecule has 2 aliphatic rings. The Morgan fingerprint density at radius 3 is 2.55 bits per heavy atom. The molecular formula is C20H31N4O4S+. The topological polar surface area (TPSA) is 100 Å². The van der Waals surface area contributed by atoms with Gasteiger partial charge in [0.1, 0.15) is 6.04 Å². The molecule has 1 heterocycles. The quantitative estimate of drug-likeness (QED) is 0.508. The third-order valence-corrected chi connectivity index (χ3v) is 7.56. The summed E-state index contributed by atoms with van der Waals surface area (Å²) in [6.45, 7) is 6.12. The number of hydrogen-bond donors (Lipinski definition) is 3. The number of aryl methyl sites for hydroxylation is 2. The predicted octanol–water partition coefficient (Wildman–Crippen LogP) is -1.29. The second-order valence-corrected chi connectivity index (χ2v) is 9.74. The molecule has 1 aliphatic carbocycles. The molecule has 0 unspecified atom stereocenters. The maximum Gasteiger partial charge on any atom is 0.275 e. The monoisotopic (exact) mass is 423 g/mol. The maximum atomic E-state index is 13.0. The maximum absolute atomic E-state index is 13.0. The van der Waals surface area contributed by atoms with Crippen LogP contribution in [0.1, 0.15) is 31.4 Å². The zero-order valence-electron chi connectivity index (χ0n) is 17.2. The lowest BCUT2D eigenvalue weighted by atomic mass is 10.1. The van der Waals surface area contributed by atoms with Crippen LogP contribution in [-0.4, -0.2) is 69.8 Å². The van der Waals surface area contributed by atoms with Gasteiger partial charge in [0.25, 0.3) is 5.91 Å².